The van der Waals surface area contributed by atoms with Gasteiger partial charge in [0.05, 0.1) is 0 Å². The van der Waals surface area contributed by atoms with Crippen LogP contribution in [0.3, 0.4) is 0 Å². The zero-order chi connectivity index (χ0) is 16.2. The summed E-state index contributed by atoms with van der Waals surface area (Å²) in [6.45, 7) is 6.37. The Morgan fingerprint density at radius 3 is 2.55 bits per heavy atom. The van der Waals surface area contributed by atoms with E-state index in [9.17, 15) is 4.79 Å². The molecule has 1 amide bonds. The second-order valence-corrected chi connectivity index (χ2v) is 6.10. The molecule has 0 aliphatic carbocycles. The molecule has 0 aliphatic rings. The van der Waals surface area contributed by atoms with E-state index in [-0.39, 0.29) is 0 Å². The highest BCUT2D eigenvalue weighted by Crippen LogP contribution is 2.25. The minimum atomic E-state index is -0.505. The molecule has 0 fully saturated rings. The number of aromatic nitrogens is 2. The normalized spacial score (nSPS) is 11.3. The van der Waals surface area contributed by atoms with Gasteiger partial charge in [0.25, 0.3) is 0 Å². The van der Waals surface area contributed by atoms with Gasteiger partial charge in [-0.2, -0.15) is 0 Å². The molecule has 6 nitrogen and oxygen atoms in total. The van der Waals surface area contributed by atoms with E-state index in [0.29, 0.717) is 24.1 Å². The summed E-state index contributed by atoms with van der Waals surface area (Å²) >= 11 is 6.02. The monoisotopic (exact) mass is 322 g/mol. The summed E-state index contributed by atoms with van der Waals surface area (Å²) < 4.78 is 5.15. The zero-order valence-corrected chi connectivity index (χ0v) is 13.6. The van der Waals surface area contributed by atoms with E-state index < -0.39 is 11.7 Å². The van der Waals surface area contributed by atoms with Crippen LogP contribution in [0, 0.1) is 0 Å². The molecule has 1 aromatic carbocycles. The van der Waals surface area contributed by atoms with Gasteiger partial charge in [0.2, 0.25) is 0 Å². The van der Waals surface area contributed by atoms with Crippen molar-refractivity contribution in [1.82, 2.24) is 15.5 Å². The van der Waals surface area contributed by atoms with Gasteiger partial charge in [-0.05, 0) is 20.8 Å². The number of hydrogen-bond donors (Lipinski definition) is 2. The average molecular weight is 323 g/mol. The molecule has 0 bridgehead atoms. The summed E-state index contributed by atoms with van der Waals surface area (Å²) in [6.07, 6.45) is -0.443. The van der Waals surface area contributed by atoms with Crippen LogP contribution < -0.4 is 10.6 Å². The zero-order valence-electron chi connectivity index (χ0n) is 12.8. The second-order valence-electron chi connectivity index (χ2n) is 5.74. The molecule has 0 saturated heterocycles. The fourth-order valence-corrected chi connectivity index (χ4v) is 2.06. The molecule has 0 spiro atoms. The maximum atomic E-state index is 11.5. The predicted molar refractivity (Wildman–Crippen MR) is 87.3 cm³/mol. The average Bonchev–Trinajstić information content (AvgIpc) is 2.44. The molecule has 0 radical (unpaired) electrons. The summed E-state index contributed by atoms with van der Waals surface area (Å²) in [7, 11) is 0. The number of carbonyl (C=O) groups is 1. The number of alkyl carbamates (subject to hydrolysis) is 1. The molecule has 22 heavy (non-hydrogen) atoms. The minimum Gasteiger partial charge on any atom is -0.444 e. The Hall–Kier alpha value is -2.08. The van der Waals surface area contributed by atoms with Crippen LogP contribution >= 0.6 is 11.6 Å². The van der Waals surface area contributed by atoms with E-state index in [2.05, 4.69) is 20.8 Å². The first-order chi connectivity index (χ1) is 10.4. The highest BCUT2D eigenvalue weighted by atomic mass is 35.5. The standard InChI is InChI=1S/C15H19ClN4O2/c1-15(2,3)22-14(21)18-9-8-17-13-11-7-5-4-6-10(11)12(16)19-20-13/h4-7H,8-9H2,1-3H3,(H,17,20)(H,18,21). The third-order valence-electron chi connectivity index (χ3n) is 2.73. The number of amides is 1. The fourth-order valence-electron chi connectivity index (χ4n) is 1.86. The quantitative estimate of drug-likeness (QED) is 0.845. The van der Waals surface area contributed by atoms with Crippen molar-refractivity contribution < 1.29 is 9.53 Å². The van der Waals surface area contributed by atoms with Gasteiger partial charge in [-0.15, -0.1) is 10.2 Å². The van der Waals surface area contributed by atoms with Gasteiger partial charge in [-0.3, -0.25) is 0 Å². The van der Waals surface area contributed by atoms with E-state index in [1.807, 2.05) is 45.0 Å². The first-order valence-electron chi connectivity index (χ1n) is 6.98. The largest absolute Gasteiger partial charge is 0.444 e. The molecule has 0 unspecified atom stereocenters. The molecule has 2 N–H and O–H groups in total. The van der Waals surface area contributed by atoms with Crippen LogP contribution in [-0.4, -0.2) is 35.0 Å². The molecule has 0 atom stereocenters. The van der Waals surface area contributed by atoms with Gasteiger partial charge >= 0.3 is 6.09 Å². The van der Waals surface area contributed by atoms with Gasteiger partial charge < -0.3 is 15.4 Å². The van der Waals surface area contributed by atoms with Gasteiger partial charge in [0.15, 0.2) is 11.0 Å². The van der Waals surface area contributed by atoms with E-state index in [1.54, 1.807) is 0 Å². The Kier molecular flexibility index (Phi) is 5.03. The molecule has 2 aromatic rings. The van der Waals surface area contributed by atoms with Crippen LogP contribution in [0.1, 0.15) is 20.8 Å². The van der Waals surface area contributed by atoms with Gasteiger partial charge in [-0.25, -0.2) is 4.79 Å². The predicted octanol–water partition coefficient (Wildman–Crippen LogP) is 3.22. The molecule has 118 valence electrons. The maximum Gasteiger partial charge on any atom is 0.407 e. The van der Waals surface area contributed by atoms with Crippen molar-refractivity contribution in [2.75, 3.05) is 18.4 Å². The Bertz CT molecular complexity index is 670. The lowest BCUT2D eigenvalue weighted by atomic mass is 10.2. The number of hydrogen-bond acceptors (Lipinski definition) is 5. The lowest BCUT2D eigenvalue weighted by molar-refractivity contribution is 0.0530. The van der Waals surface area contributed by atoms with Crippen molar-refractivity contribution in [3.63, 3.8) is 0 Å². The van der Waals surface area contributed by atoms with Crippen LogP contribution in [0.4, 0.5) is 10.6 Å². The maximum absolute atomic E-state index is 11.5. The van der Waals surface area contributed by atoms with Gasteiger partial charge in [0.1, 0.15) is 5.60 Å². The van der Waals surface area contributed by atoms with Crippen molar-refractivity contribution in [3.8, 4) is 0 Å². The molecular weight excluding hydrogens is 304 g/mol. The molecule has 7 heteroatoms. The van der Waals surface area contributed by atoms with E-state index >= 15 is 0 Å². The summed E-state index contributed by atoms with van der Waals surface area (Å²) in [5.41, 5.74) is -0.505. The lowest BCUT2D eigenvalue weighted by Crippen LogP contribution is -2.35. The minimum absolute atomic E-state index is 0.369. The Balaban J connectivity index is 1.91. The Morgan fingerprint density at radius 1 is 1.18 bits per heavy atom. The fraction of sp³-hybridized carbons (Fsp3) is 0.400. The van der Waals surface area contributed by atoms with Gasteiger partial charge in [-0.1, -0.05) is 35.9 Å². The van der Waals surface area contributed by atoms with Crippen molar-refractivity contribution in [2.45, 2.75) is 26.4 Å². The lowest BCUT2D eigenvalue weighted by Gasteiger charge is -2.19. The third-order valence-corrected chi connectivity index (χ3v) is 3.01. The third kappa shape index (κ3) is 4.46. The number of fused-ring (bicyclic) bond motifs is 1. The first-order valence-corrected chi connectivity index (χ1v) is 7.36. The number of benzene rings is 1. The molecule has 1 aromatic heterocycles. The molecule has 1 heterocycles. The number of nitrogens with one attached hydrogen (secondary N) is 2. The number of ether oxygens (including phenoxy) is 1. The first kappa shape index (κ1) is 16.3. The smallest absolute Gasteiger partial charge is 0.407 e. The summed E-state index contributed by atoms with van der Waals surface area (Å²) in [5, 5.41) is 15.8. The topological polar surface area (TPSA) is 76.1 Å². The van der Waals surface area contributed by atoms with Crippen LogP contribution in [0.15, 0.2) is 24.3 Å². The molecule has 2 rings (SSSR count). The van der Waals surface area contributed by atoms with Crippen molar-refractivity contribution in [2.24, 2.45) is 0 Å². The van der Waals surface area contributed by atoms with Crippen molar-refractivity contribution >= 4 is 34.3 Å². The molecule has 0 aliphatic heterocycles. The SMILES string of the molecule is CC(C)(C)OC(=O)NCCNc1nnc(Cl)c2ccccc12. The van der Waals surface area contributed by atoms with E-state index in [4.69, 9.17) is 16.3 Å². The number of halogens is 1. The van der Waals surface area contributed by atoms with Crippen LogP contribution in [0.25, 0.3) is 10.8 Å². The highest BCUT2D eigenvalue weighted by molar-refractivity contribution is 6.34. The molecule has 0 saturated carbocycles. The van der Waals surface area contributed by atoms with E-state index in [0.717, 1.165) is 10.8 Å². The molecular formula is C15H19ClN4O2. The van der Waals surface area contributed by atoms with E-state index in [1.165, 1.54) is 0 Å². The van der Waals surface area contributed by atoms with Crippen LogP contribution in [-0.2, 0) is 4.74 Å². The summed E-state index contributed by atoms with van der Waals surface area (Å²) in [4.78, 5) is 11.5. The highest BCUT2D eigenvalue weighted by Gasteiger charge is 2.15. The Labute approximate surface area is 134 Å². The number of nitrogens with zero attached hydrogens (tertiary/aromatic N) is 2. The summed E-state index contributed by atoms with van der Waals surface area (Å²) in [6, 6.07) is 7.60. The Morgan fingerprint density at radius 2 is 1.86 bits per heavy atom. The van der Waals surface area contributed by atoms with Crippen molar-refractivity contribution in [3.05, 3.63) is 29.4 Å². The number of carbonyl (C=O) groups excluding carboxylic acids is 1. The second kappa shape index (κ2) is 6.79. The van der Waals surface area contributed by atoms with Gasteiger partial charge in [0, 0.05) is 23.9 Å². The number of rotatable bonds is 4. The van der Waals surface area contributed by atoms with Crippen LogP contribution in [0.5, 0.6) is 0 Å². The van der Waals surface area contributed by atoms with Crippen molar-refractivity contribution in [1.29, 1.82) is 0 Å². The van der Waals surface area contributed by atoms with Crippen LogP contribution in [0.2, 0.25) is 5.15 Å². The number of anilines is 1. The summed E-state index contributed by atoms with van der Waals surface area (Å²) in [5.74, 6) is 0.631.